The van der Waals surface area contributed by atoms with Gasteiger partial charge in [-0.15, -0.1) is 0 Å². The smallest absolute Gasteiger partial charge is 0.226 e. The number of piperidine rings is 1. The van der Waals surface area contributed by atoms with Crippen molar-refractivity contribution in [3.8, 4) is 11.4 Å². The minimum absolute atomic E-state index is 0.679. The molecule has 1 aliphatic heterocycles. The van der Waals surface area contributed by atoms with Crippen LogP contribution in [-0.4, -0.2) is 23.2 Å². The lowest BCUT2D eigenvalue weighted by molar-refractivity contribution is 0.324. The largest absolute Gasteiger partial charge is 0.339 e. The maximum Gasteiger partial charge on any atom is 0.226 e. The summed E-state index contributed by atoms with van der Waals surface area (Å²) >= 11 is 3.42. The van der Waals surface area contributed by atoms with Crippen molar-refractivity contribution in [3.05, 3.63) is 34.6 Å². The molecule has 3 rings (SSSR count). The number of nitrogens with zero attached hydrogens (tertiary/aromatic N) is 2. The molecule has 0 unspecified atom stereocenters. The molecule has 20 heavy (non-hydrogen) atoms. The zero-order chi connectivity index (χ0) is 13.8. The first-order chi connectivity index (χ1) is 9.81. The lowest BCUT2D eigenvalue weighted by Gasteiger charge is -2.21. The highest BCUT2D eigenvalue weighted by atomic mass is 79.9. The molecule has 1 aliphatic rings. The Hall–Kier alpha value is -1.20. The molecule has 1 N–H and O–H groups in total. The second-order valence-corrected chi connectivity index (χ2v) is 6.17. The molecule has 0 radical (unpaired) electrons. The van der Waals surface area contributed by atoms with E-state index in [0.717, 1.165) is 47.8 Å². The molecule has 0 amide bonds. The Morgan fingerprint density at radius 3 is 2.70 bits per heavy atom. The zero-order valence-electron chi connectivity index (χ0n) is 11.3. The van der Waals surface area contributed by atoms with Gasteiger partial charge in [-0.05, 0) is 62.5 Å². The fourth-order valence-corrected chi connectivity index (χ4v) is 2.83. The molecular weight excluding hydrogens is 318 g/mol. The normalized spacial score (nSPS) is 16.4. The van der Waals surface area contributed by atoms with Gasteiger partial charge in [0.1, 0.15) is 0 Å². The molecule has 1 aromatic heterocycles. The van der Waals surface area contributed by atoms with Gasteiger partial charge in [0.05, 0.1) is 0 Å². The van der Waals surface area contributed by atoms with Crippen molar-refractivity contribution in [1.29, 1.82) is 0 Å². The van der Waals surface area contributed by atoms with Crippen molar-refractivity contribution in [2.75, 3.05) is 13.1 Å². The number of halogens is 1. The minimum atomic E-state index is 0.679. The van der Waals surface area contributed by atoms with Gasteiger partial charge in [0.2, 0.25) is 11.7 Å². The molecule has 1 fully saturated rings. The minimum Gasteiger partial charge on any atom is -0.339 e. The van der Waals surface area contributed by atoms with Crippen LogP contribution in [0.3, 0.4) is 0 Å². The first-order valence-electron chi connectivity index (χ1n) is 7.10. The molecule has 0 aliphatic carbocycles. The number of nitrogens with one attached hydrogen (secondary N) is 1. The Balaban J connectivity index is 1.60. The van der Waals surface area contributed by atoms with Crippen molar-refractivity contribution in [3.63, 3.8) is 0 Å². The van der Waals surface area contributed by atoms with E-state index in [4.69, 9.17) is 4.52 Å². The van der Waals surface area contributed by atoms with Gasteiger partial charge in [0.15, 0.2) is 0 Å². The van der Waals surface area contributed by atoms with Gasteiger partial charge in [-0.3, -0.25) is 0 Å². The van der Waals surface area contributed by atoms with Crippen LogP contribution in [0.2, 0.25) is 0 Å². The van der Waals surface area contributed by atoms with E-state index < -0.39 is 0 Å². The SMILES string of the molecule is Brc1ccc(-c2noc(CCC3CCNCC3)n2)cc1. The molecule has 0 bridgehead atoms. The second-order valence-electron chi connectivity index (χ2n) is 5.25. The van der Waals surface area contributed by atoms with Crippen molar-refractivity contribution in [2.45, 2.75) is 25.7 Å². The van der Waals surface area contributed by atoms with Gasteiger partial charge >= 0.3 is 0 Å². The maximum absolute atomic E-state index is 5.35. The van der Waals surface area contributed by atoms with E-state index >= 15 is 0 Å². The summed E-state index contributed by atoms with van der Waals surface area (Å²) in [6.45, 7) is 2.28. The summed E-state index contributed by atoms with van der Waals surface area (Å²) in [4.78, 5) is 4.49. The Kier molecular flexibility index (Phi) is 4.47. The summed E-state index contributed by atoms with van der Waals surface area (Å²) in [5, 5.41) is 7.45. The number of aromatic nitrogens is 2. The Morgan fingerprint density at radius 2 is 1.95 bits per heavy atom. The Bertz CT molecular complexity index is 547. The van der Waals surface area contributed by atoms with Crippen LogP contribution < -0.4 is 5.32 Å². The van der Waals surface area contributed by atoms with Crippen molar-refractivity contribution < 1.29 is 4.52 Å². The molecule has 0 saturated carbocycles. The molecule has 106 valence electrons. The van der Waals surface area contributed by atoms with Crippen LogP contribution in [0.5, 0.6) is 0 Å². The van der Waals surface area contributed by atoms with Crippen LogP contribution in [0.1, 0.15) is 25.2 Å². The lowest BCUT2D eigenvalue weighted by Crippen LogP contribution is -2.27. The Labute approximate surface area is 127 Å². The number of hydrogen-bond donors (Lipinski definition) is 1. The topological polar surface area (TPSA) is 51.0 Å². The van der Waals surface area contributed by atoms with E-state index in [9.17, 15) is 0 Å². The van der Waals surface area contributed by atoms with Crippen LogP contribution in [0.4, 0.5) is 0 Å². The first kappa shape index (κ1) is 13.8. The number of hydrogen-bond acceptors (Lipinski definition) is 4. The summed E-state index contributed by atoms with van der Waals surface area (Å²) < 4.78 is 6.40. The molecule has 2 heterocycles. The van der Waals surface area contributed by atoms with E-state index in [1.807, 2.05) is 24.3 Å². The van der Waals surface area contributed by atoms with Crippen LogP contribution in [0.25, 0.3) is 11.4 Å². The molecule has 1 aromatic carbocycles. The molecule has 0 spiro atoms. The highest BCUT2D eigenvalue weighted by molar-refractivity contribution is 9.10. The third-order valence-electron chi connectivity index (χ3n) is 3.80. The maximum atomic E-state index is 5.35. The molecule has 2 aromatic rings. The number of rotatable bonds is 4. The van der Waals surface area contributed by atoms with Gasteiger partial charge in [-0.2, -0.15) is 4.98 Å². The van der Waals surface area contributed by atoms with Crippen LogP contribution in [0, 0.1) is 5.92 Å². The Morgan fingerprint density at radius 1 is 1.20 bits per heavy atom. The average molecular weight is 336 g/mol. The summed E-state index contributed by atoms with van der Waals surface area (Å²) in [6, 6.07) is 7.96. The second kappa shape index (κ2) is 6.50. The van der Waals surface area contributed by atoms with Gasteiger partial charge in [-0.25, -0.2) is 0 Å². The predicted octanol–water partition coefficient (Wildman–Crippen LogP) is 3.43. The van der Waals surface area contributed by atoms with Crippen LogP contribution in [0.15, 0.2) is 33.3 Å². The third kappa shape index (κ3) is 3.46. The number of benzene rings is 1. The van der Waals surface area contributed by atoms with Crippen molar-refractivity contribution in [1.82, 2.24) is 15.5 Å². The lowest BCUT2D eigenvalue weighted by atomic mass is 9.93. The van der Waals surface area contributed by atoms with E-state index in [2.05, 4.69) is 31.4 Å². The van der Waals surface area contributed by atoms with Crippen molar-refractivity contribution >= 4 is 15.9 Å². The molecule has 0 atom stereocenters. The fourth-order valence-electron chi connectivity index (χ4n) is 2.57. The van der Waals surface area contributed by atoms with E-state index in [0.29, 0.717) is 5.82 Å². The average Bonchev–Trinajstić information content (AvgIpc) is 2.96. The monoisotopic (exact) mass is 335 g/mol. The third-order valence-corrected chi connectivity index (χ3v) is 4.32. The fraction of sp³-hybridized carbons (Fsp3) is 0.467. The first-order valence-corrected chi connectivity index (χ1v) is 7.90. The summed E-state index contributed by atoms with van der Waals surface area (Å²) in [7, 11) is 0. The molecular formula is C15H18BrN3O. The summed E-state index contributed by atoms with van der Waals surface area (Å²) in [5.74, 6) is 2.22. The van der Waals surface area contributed by atoms with Crippen LogP contribution >= 0.6 is 15.9 Å². The highest BCUT2D eigenvalue weighted by Gasteiger charge is 2.15. The summed E-state index contributed by atoms with van der Waals surface area (Å²) in [6.07, 6.45) is 4.54. The van der Waals surface area contributed by atoms with Gasteiger partial charge < -0.3 is 9.84 Å². The quantitative estimate of drug-likeness (QED) is 0.929. The van der Waals surface area contributed by atoms with E-state index in [1.54, 1.807) is 0 Å². The van der Waals surface area contributed by atoms with Crippen molar-refractivity contribution in [2.24, 2.45) is 5.92 Å². The standard InChI is InChI=1S/C15H18BrN3O/c16-13-4-2-12(3-5-13)15-18-14(20-19-15)6-1-11-7-9-17-10-8-11/h2-5,11,17H,1,6-10H2. The zero-order valence-corrected chi connectivity index (χ0v) is 12.9. The number of aryl methyl sites for hydroxylation is 1. The van der Waals surface area contributed by atoms with E-state index in [1.165, 1.54) is 12.8 Å². The van der Waals surface area contributed by atoms with Gasteiger partial charge in [0.25, 0.3) is 0 Å². The summed E-state index contributed by atoms with van der Waals surface area (Å²) in [5.41, 5.74) is 0.991. The van der Waals surface area contributed by atoms with E-state index in [-0.39, 0.29) is 0 Å². The molecule has 5 heteroatoms. The molecule has 4 nitrogen and oxygen atoms in total. The predicted molar refractivity (Wildman–Crippen MR) is 81.3 cm³/mol. The van der Waals surface area contributed by atoms with Gasteiger partial charge in [0, 0.05) is 16.5 Å². The molecule has 1 saturated heterocycles. The van der Waals surface area contributed by atoms with Gasteiger partial charge in [-0.1, -0.05) is 21.1 Å². The van der Waals surface area contributed by atoms with Crippen LogP contribution in [-0.2, 0) is 6.42 Å². The highest BCUT2D eigenvalue weighted by Crippen LogP contribution is 2.21.